The third-order valence-electron chi connectivity index (χ3n) is 4.92. The highest BCUT2D eigenvalue weighted by atomic mass is 35.5. The van der Waals surface area contributed by atoms with Gasteiger partial charge in [0.1, 0.15) is 4.21 Å². The van der Waals surface area contributed by atoms with Gasteiger partial charge in [0.25, 0.3) is 10.0 Å². The Bertz CT molecular complexity index is 1160. The van der Waals surface area contributed by atoms with E-state index in [1.165, 1.54) is 34.6 Å². The van der Waals surface area contributed by atoms with Crippen molar-refractivity contribution in [1.82, 2.24) is 9.03 Å². The van der Waals surface area contributed by atoms with E-state index in [1.807, 2.05) is 0 Å². The predicted octanol–water partition coefficient (Wildman–Crippen LogP) is 3.32. The molecule has 0 saturated carbocycles. The van der Waals surface area contributed by atoms with E-state index < -0.39 is 38.1 Å². The summed E-state index contributed by atoms with van der Waals surface area (Å²) in [7, 11) is -7.67. The summed E-state index contributed by atoms with van der Waals surface area (Å²) in [6, 6.07) is 7.70. The van der Waals surface area contributed by atoms with Gasteiger partial charge in [0.05, 0.1) is 4.90 Å². The van der Waals surface area contributed by atoms with E-state index in [1.54, 1.807) is 23.6 Å². The van der Waals surface area contributed by atoms with Gasteiger partial charge in [-0.2, -0.15) is 4.31 Å². The molecule has 2 atom stereocenters. The number of rotatable bonds is 10. The Hall–Kier alpha value is -1.76. The first-order valence-corrected chi connectivity index (χ1v) is 14.0. The van der Waals surface area contributed by atoms with Gasteiger partial charge in [0, 0.05) is 30.1 Å². The molecule has 12 heteroatoms. The summed E-state index contributed by atoms with van der Waals surface area (Å²) in [5.74, 6) is -0.891. The smallest absolute Gasteiger partial charge is 0.303 e. The lowest BCUT2D eigenvalue weighted by atomic mass is 10.1. The van der Waals surface area contributed by atoms with Gasteiger partial charge < -0.3 is 5.11 Å². The lowest BCUT2D eigenvalue weighted by Crippen LogP contribution is -2.39. The van der Waals surface area contributed by atoms with Gasteiger partial charge in [-0.25, -0.2) is 21.6 Å². The number of carboxylic acid groups (broad SMARTS) is 1. The molecule has 174 valence electrons. The van der Waals surface area contributed by atoms with Gasteiger partial charge in [-0.15, -0.1) is 11.3 Å². The molecule has 32 heavy (non-hydrogen) atoms. The van der Waals surface area contributed by atoms with Crippen LogP contribution in [0, 0.1) is 0 Å². The zero-order valence-electron chi connectivity index (χ0n) is 16.9. The van der Waals surface area contributed by atoms with Crippen LogP contribution < -0.4 is 4.72 Å². The zero-order valence-corrected chi connectivity index (χ0v) is 20.1. The lowest BCUT2D eigenvalue weighted by Gasteiger charge is -2.20. The molecule has 1 aliphatic heterocycles. The molecule has 1 saturated heterocycles. The van der Waals surface area contributed by atoms with Crippen molar-refractivity contribution in [2.75, 3.05) is 6.54 Å². The number of unbranched alkanes of at least 4 members (excludes halogenated alkanes) is 1. The van der Waals surface area contributed by atoms with Crippen molar-refractivity contribution in [2.45, 2.75) is 46.9 Å². The Morgan fingerprint density at radius 2 is 1.94 bits per heavy atom. The number of aliphatic carboxylic acids is 1. The molecule has 0 amide bonds. The number of hydrogen-bond donors (Lipinski definition) is 2. The number of sulfonamides is 2. The monoisotopic (exact) mass is 518 g/mol. The van der Waals surface area contributed by atoms with Crippen molar-refractivity contribution < 1.29 is 26.7 Å². The Balaban J connectivity index is 1.78. The summed E-state index contributed by atoms with van der Waals surface area (Å²) in [5.41, 5.74) is 0. The number of carbonyl (C=O) groups is 1. The van der Waals surface area contributed by atoms with Crippen LogP contribution in [0.25, 0.3) is 0 Å². The standard InChI is InChI=1S/C20H23ClN2O6S3/c21-15-8-10-18(11-9-15)31(26,27)22-16-13-17(5-2-1-3-6-19(24)25)23(14-16)32(28,29)20-7-4-12-30-20/h2,4-5,7-12,16-17,22H,1,3,6,13-14H2,(H,24,25)/b5-2-/t16-,17-/m1/s1. The van der Waals surface area contributed by atoms with Crippen molar-refractivity contribution in [2.24, 2.45) is 0 Å². The van der Waals surface area contributed by atoms with Gasteiger partial charge in [-0.3, -0.25) is 4.79 Å². The van der Waals surface area contributed by atoms with Crippen LogP contribution in [0.3, 0.4) is 0 Å². The van der Waals surface area contributed by atoms with Gasteiger partial charge >= 0.3 is 5.97 Å². The number of allylic oxidation sites excluding steroid dienone is 1. The molecule has 1 aromatic heterocycles. The van der Waals surface area contributed by atoms with E-state index in [9.17, 15) is 21.6 Å². The van der Waals surface area contributed by atoms with E-state index in [0.717, 1.165) is 11.3 Å². The van der Waals surface area contributed by atoms with Crippen molar-refractivity contribution in [1.29, 1.82) is 0 Å². The quantitative estimate of drug-likeness (QED) is 0.367. The summed E-state index contributed by atoms with van der Waals surface area (Å²) < 4.78 is 55.9. The maximum Gasteiger partial charge on any atom is 0.303 e. The van der Waals surface area contributed by atoms with Crippen molar-refractivity contribution in [3.05, 3.63) is 59.0 Å². The molecule has 0 bridgehead atoms. The van der Waals surface area contributed by atoms with Crippen LogP contribution in [0.2, 0.25) is 5.02 Å². The van der Waals surface area contributed by atoms with Crippen LogP contribution in [0.5, 0.6) is 0 Å². The van der Waals surface area contributed by atoms with E-state index in [-0.39, 0.29) is 28.5 Å². The van der Waals surface area contributed by atoms with Gasteiger partial charge in [0.15, 0.2) is 0 Å². The van der Waals surface area contributed by atoms with E-state index in [2.05, 4.69) is 4.72 Å². The Kier molecular flexibility index (Phi) is 8.12. The molecule has 0 spiro atoms. The molecule has 0 aliphatic carbocycles. The Morgan fingerprint density at radius 3 is 2.56 bits per heavy atom. The van der Waals surface area contributed by atoms with Gasteiger partial charge in [0.2, 0.25) is 10.0 Å². The Labute approximate surface area is 196 Å². The van der Waals surface area contributed by atoms with E-state index in [4.69, 9.17) is 16.7 Å². The molecule has 8 nitrogen and oxygen atoms in total. The average molecular weight is 519 g/mol. The van der Waals surface area contributed by atoms with Crippen LogP contribution in [0.15, 0.2) is 63.0 Å². The normalized spacial score (nSPS) is 20.2. The second kappa shape index (κ2) is 10.4. The highest BCUT2D eigenvalue weighted by Gasteiger charge is 2.40. The summed E-state index contributed by atoms with van der Waals surface area (Å²) in [4.78, 5) is 10.7. The van der Waals surface area contributed by atoms with Crippen LogP contribution in [0.1, 0.15) is 25.7 Å². The number of benzene rings is 1. The molecule has 2 N–H and O–H groups in total. The minimum absolute atomic E-state index is 0.0167. The molecule has 0 unspecified atom stereocenters. The van der Waals surface area contributed by atoms with Crippen LogP contribution in [0.4, 0.5) is 0 Å². The fourth-order valence-corrected chi connectivity index (χ4v) is 7.55. The third kappa shape index (κ3) is 6.18. The first-order chi connectivity index (χ1) is 15.1. The largest absolute Gasteiger partial charge is 0.481 e. The first kappa shape index (κ1) is 24.9. The molecule has 3 rings (SSSR count). The number of carboxylic acids is 1. The van der Waals surface area contributed by atoms with Gasteiger partial charge in [-0.1, -0.05) is 29.8 Å². The molecule has 2 heterocycles. The highest BCUT2D eigenvalue weighted by Crippen LogP contribution is 2.30. The van der Waals surface area contributed by atoms with Crippen molar-refractivity contribution >= 4 is 49.0 Å². The molecule has 1 aliphatic rings. The average Bonchev–Trinajstić information content (AvgIpc) is 3.38. The second-order valence-corrected chi connectivity index (χ2v) is 12.5. The molecule has 0 radical (unpaired) electrons. The first-order valence-electron chi connectivity index (χ1n) is 9.81. The molecular weight excluding hydrogens is 496 g/mol. The Morgan fingerprint density at radius 1 is 1.22 bits per heavy atom. The fourth-order valence-electron chi connectivity index (χ4n) is 3.42. The zero-order chi connectivity index (χ0) is 23.4. The second-order valence-electron chi connectivity index (χ2n) is 7.30. The summed E-state index contributed by atoms with van der Waals surface area (Å²) >= 11 is 6.93. The number of hydrogen-bond acceptors (Lipinski definition) is 6. The van der Waals surface area contributed by atoms with E-state index in [0.29, 0.717) is 17.9 Å². The lowest BCUT2D eigenvalue weighted by molar-refractivity contribution is -0.137. The third-order valence-corrected chi connectivity index (χ3v) is 9.97. The van der Waals surface area contributed by atoms with Crippen LogP contribution in [-0.4, -0.2) is 50.8 Å². The fraction of sp³-hybridized carbons (Fsp3) is 0.350. The topological polar surface area (TPSA) is 121 Å². The molecular formula is C20H23ClN2O6S3. The minimum Gasteiger partial charge on any atom is -0.481 e. The number of nitrogens with one attached hydrogen (secondary N) is 1. The predicted molar refractivity (Wildman–Crippen MR) is 123 cm³/mol. The summed E-state index contributed by atoms with van der Waals surface area (Å²) in [6.07, 6.45) is 4.66. The molecule has 1 fully saturated rings. The van der Waals surface area contributed by atoms with Crippen molar-refractivity contribution in [3.8, 4) is 0 Å². The summed E-state index contributed by atoms with van der Waals surface area (Å²) in [6.45, 7) is -0.0167. The number of thiophene rings is 1. The SMILES string of the molecule is O=C(O)CCC/C=C\[C@@H]1C[C@@H](NS(=O)(=O)c2ccc(Cl)cc2)CN1S(=O)(=O)c1cccs1. The molecule has 1 aromatic carbocycles. The number of halogens is 1. The van der Waals surface area contributed by atoms with Crippen LogP contribution in [-0.2, 0) is 24.8 Å². The van der Waals surface area contributed by atoms with Gasteiger partial charge in [-0.05, 0) is 55.0 Å². The summed E-state index contributed by atoms with van der Waals surface area (Å²) in [5, 5.41) is 10.8. The van der Waals surface area contributed by atoms with E-state index >= 15 is 0 Å². The van der Waals surface area contributed by atoms with Crippen molar-refractivity contribution in [3.63, 3.8) is 0 Å². The minimum atomic E-state index is -3.86. The highest BCUT2D eigenvalue weighted by molar-refractivity contribution is 7.91. The maximum absolute atomic E-state index is 13.1. The molecule has 2 aromatic rings. The van der Waals surface area contributed by atoms with Crippen LogP contribution >= 0.6 is 22.9 Å². The maximum atomic E-state index is 13.1. The number of nitrogens with zero attached hydrogens (tertiary/aromatic N) is 1.